The van der Waals surface area contributed by atoms with Gasteiger partial charge in [-0.2, -0.15) is 0 Å². The molecule has 0 radical (unpaired) electrons. The van der Waals surface area contributed by atoms with Crippen LogP contribution >= 0.6 is 0 Å². The van der Waals surface area contributed by atoms with E-state index in [1.165, 1.54) is 42.5 Å². The van der Waals surface area contributed by atoms with E-state index in [0.29, 0.717) is 5.56 Å². The zero-order valence-corrected chi connectivity index (χ0v) is 18.4. The lowest BCUT2D eigenvalue weighted by Crippen LogP contribution is -2.35. The predicted octanol–water partition coefficient (Wildman–Crippen LogP) is 3.44. The number of sulfonamides is 1. The van der Waals surface area contributed by atoms with Gasteiger partial charge in [0.05, 0.1) is 22.3 Å². The number of benzene rings is 2. The second-order valence-electron chi connectivity index (χ2n) is 7.78. The Bertz CT molecular complexity index is 1130. The Labute approximate surface area is 184 Å². The van der Waals surface area contributed by atoms with Crippen molar-refractivity contribution < 1.29 is 32.8 Å². The van der Waals surface area contributed by atoms with E-state index in [0.717, 1.165) is 6.07 Å². The monoisotopic (exact) mass is 465 g/mol. The van der Waals surface area contributed by atoms with Gasteiger partial charge in [-0.05, 0) is 44.5 Å². The largest absolute Gasteiger partial charge is 0.481 e. The summed E-state index contributed by atoms with van der Waals surface area (Å²) in [6, 6.07) is 9.32. The molecule has 2 aromatic rings. The van der Waals surface area contributed by atoms with Crippen LogP contribution in [0.1, 0.15) is 38.8 Å². The van der Waals surface area contributed by atoms with Crippen LogP contribution < -0.4 is 10.0 Å². The summed E-state index contributed by atoms with van der Waals surface area (Å²) in [5.41, 5.74) is -0.786. The molecular weight excluding hydrogens is 442 g/mol. The number of nitro groups is 1. The molecule has 0 unspecified atom stereocenters. The average Bonchev–Trinajstić information content (AvgIpc) is 2.65. The molecular formula is C20H23N3O8S. The highest BCUT2D eigenvalue weighted by Crippen LogP contribution is 2.24. The van der Waals surface area contributed by atoms with E-state index in [-0.39, 0.29) is 16.3 Å². The van der Waals surface area contributed by atoms with Crippen molar-refractivity contribution >= 4 is 33.5 Å². The maximum atomic E-state index is 12.7. The molecule has 0 bridgehead atoms. The van der Waals surface area contributed by atoms with Crippen LogP contribution in [0.25, 0.3) is 0 Å². The van der Waals surface area contributed by atoms with Crippen molar-refractivity contribution in [1.29, 1.82) is 0 Å². The van der Waals surface area contributed by atoms with Crippen molar-refractivity contribution in [2.75, 3.05) is 4.72 Å². The smallest absolute Gasteiger partial charge is 0.408 e. The molecule has 11 nitrogen and oxygen atoms in total. The van der Waals surface area contributed by atoms with Crippen molar-refractivity contribution in [2.45, 2.75) is 43.7 Å². The maximum Gasteiger partial charge on any atom is 0.408 e. The van der Waals surface area contributed by atoms with Gasteiger partial charge in [0, 0.05) is 17.8 Å². The maximum absolute atomic E-state index is 12.7. The number of carboxylic acid groups (broad SMARTS) is 1. The minimum atomic E-state index is -4.16. The number of ether oxygens (including phenoxy) is 1. The topological polar surface area (TPSA) is 165 Å². The molecule has 172 valence electrons. The summed E-state index contributed by atoms with van der Waals surface area (Å²) < 4.78 is 32.8. The molecule has 1 amide bonds. The van der Waals surface area contributed by atoms with Crippen LogP contribution in [0, 0.1) is 10.1 Å². The Morgan fingerprint density at radius 2 is 1.81 bits per heavy atom. The number of non-ortho nitro benzene ring substituents is 1. The van der Waals surface area contributed by atoms with Gasteiger partial charge in [0.25, 0.3) is 15.7 Å². The van der Waals surface area contributed by atoms with E-state index in [9.17, 15) is 33.2 Å². The third kappa shape index (κ3) is 7.23. The van der Waals surface area contributed by atoms with Gasteiger partial charge in [-0.3, -0.25) is 19.6 Å². The van der Waals surface area contributed by atoms with Gasteiger partial charge in [0.1, 0.15) is 5.60 Å². The van der Waals surface area contributed by atoms with Gasteiger partial charge >= 0.3 is 12.1 Å². The highest BCUT2D eigenvalue weighted by Gasteiger charge is 2.23. The zero-order valence-electron chi connectivity index (χ0n) is 17.6. The number of nitrogens with zero attached hydrogens (tertiary/aromatic N) is 1. The third-order valence-corrected chi connectivity index (χ3v) is 5.33. The molecule has 0 heterocycles. The number of nitro benzene ring substituents is 1. The van der Waals surface area contributed by atoms with E-state index < -0.39 is 45.1 Å². The zero-order chi connectivity index (χ0) is 24.1. The summed E-state index contributed by atoms with van der Waals surface area (Å²) in [5, 5.41) is 22.6. The summed E-state index contributed by atoms with van der Waals surface area (Å²) in [6.07, 6.45) is -1.30. The van der Waals surface area contributed by atoms with Crippen LogP contribution in [-0.2, 0) is 19.6 Å². The number of hydrogen-bond donors (Lipinski definition) is 3. The van der Waals surface area contributed by atoms with Crippen LogP contribution in [0.3, 0.4) is 0 Å². The summed E-state index contributed by atoms with van der Waals surface area (Å²) >= 11 is 0. The van der Waals surface area contributed by atoms with Crippen molar-refractivity contribution in [1.82, 2.24) is 5.32 Å². The highest BCUT2D eigenvalue weighted by atomic mass is 32.2. The number of anilines is 1. The van der Waals surface area contributed by atoms with Crippen LogP contribution in [0.5, 0.6) is 0 Å². The van der Waals surface area contributed by atoms with Gasteiger partial charge in [-0.15, -0.1) is 0 Å². The van der Waals surface area contributed by atoms with Crippen LogP contribution in [-0.4, -0.2) is 36.1 Å². The number of carboxylic acids is 1. The van der Waals surface area contributed by atoms with E-state index in [1.54, 1.807) is 20.8 Å². The second kappa shape index (κ2) is 9.64. The van der Waals surface area contributed by atoms with E-state index in [1.807, 2.05) is 0 Å². The van der Waals surface area contributed by atoms with Crippen molar-refractivity contribution in [3.63, 3.8) is 0 Å². The average molecular weight is 465 g/mol. The Balaban J connectivity index is 2.29. The van der Waals surface area contributed by atoms with Crippen LogP contribution in [0.15, 0.2) is 53.4 Å². The first-order valence-corrected chi connectivity index (χ1v) is 10.8. The van der Waals surface area contributed by atoms with Gasteiger partial charge < -0.3 is 15.2 Å². The number of amides is 1. The summed E-state index contributed by atoms with van der Waals surface area (Å²) in [5.74, 6) is -1.19. The van der Waals surface area contributed by atoms with E-state index in [4.69, 9.17) is 4.74 Å². The number of nitrogens with one attached hydrogen (secondary N) is 2. The Kier molecular flexibility index (Phi) is 7.41. The molecule has 0 saturated carbocycles. The summed E-state index contributed by atoms with van der Waals surface area (Å²) in [7, 11) is -4.16. The predicted molar refractivity (Wildman–Crippen MR) is 115 cm³/mol. The Morgan fingerprint density at radius 1 is 1.16 bits per heavy atom. The van der Waals surface area contributed by atoms with Crippen LogP contribution in [0.2, 0.25) is 0 Å². The molecule has 1 atom stereocenters. The minimum Gasteiger partial charge on any atom is -0.481 e. The number of carbonyl (C=O) groups is 2. The number of hydrogen-bond acceptors (Lipinski definition) is 7. The van der Waals surface area contributed by atoms with Crippen molar-refractivity contribution in [2.24, 2.45) is 0 Å². The quantitative estimate of drug-likeness (QED) is 0.394. The molecule has 0 saturated heterocycles. The standard InChI is InChI=1S/C20H23N3O8S/c1-20(2,3)31-19(26)21-17(12-18(24)25)13-6-4-7-14(10-13)22-32(29,30)16-9-5-8-15(11-16)23(27)28/h4-11,17,22H,12H2,1-3H3,(H,21,26)(H,24,25)/t17-/m1/s1. The second-order valence-corrected chi connectivity index (χ2v) is 9.46. The molecule has 0 aliphatic rings. The number of aliphatic carboxylic acids is 1. The number of carbonyl (C=O) groups excluding carboxylic acids is 1. The molecule has 3 N–H and O–H groups in total. The van der Waals surface area contributed by atoms with Gasteiger partial charge in [0.15, 0.2) is 0 Å². The van der Waals surface area contributed by atoms with Gasteiger partial charge in [-0.1, -0.05) is 18.2 Å². The van der Waals surface area contributed by atoms with E-state index in [2.05, 4.69) is 10.0 Å². The lowest BCUT2D eigenvalue weighted by molar-refractivity contribution is -0.385. The number of alkyl carbamates (subject to hydrolysis) is 1. The van der Waals surface area contributed by atoms with Crippen molar-refractivity contribution in [3.8, 4) is 0 Å². The molecule has 0 spiro atoms. The first kappa shape index (κ1) is 24.6. The fourth-order valence-electron chi connectivity index (χ4n) is 2.67. The Morgan fingerprint density at radius 3 is 2.41 bits per heavy atom. The highest BCUT2D eigenvalue weighted by molar-refractivity contribution is 7.92. The minimum absolute atomic E-state index is 0.0791. The molecule has 0 fully saturated rings. The van der Waals surface area contributed by atoms with Gasteiger partial charge in [0.2, 0.25) is 0 Å². The fourth-order valence-corrected chi connectivity index (χ4v) is 3.76. The first-order chi connectivity index (χ1) is 14.8. The van der Waals surface area contributed by atoms with Crippen LogP contribution in [0.4, 0.5) is 16.2 Å². The summed E-state index contributed by atoms with van der Waals surface area (Å²) in [6.45, 7) is 4.96. The molecule has 32 heavy (non-hydrogen) atoms. The first-order valence-electron chi connectivity index (χ1n) is 9.35. The lowest BCUT2D eigenvalue weighted by atomic mass is 10.0. The van der Waals surface area contributed by atoms with Crippen molar-refractivity contribution in [3.05, 3.63) is 64.2 Å². The lowest BCUT2D eigenvalue weighted by Gasteiger charge is -2.23. The third-order valence-electron chi connectivity index (χ3n) is 3.95. The fraction of sp³-hybridized carbons (Fsp3) is 0.300. The number of rotatable bonds is 8. The van der Waals surface area contributed by atoms with E-state index >= 15 is 0 Å². The normalized spacial score (nSPS) is 12.5. The SMILES string of the molecule is CC(C)(C)OC(=O)N[C@H](CC(=O)O)c1cccc(NS(=O)(=O)c2cccc([N+](=O)[O-])c2)c1. The Hall–Kier alpha value is -3.67. The summed E-state index contributed by atoms with van der Waals surface area (Å²) in [4.78, 5) is 33.3. The molecule has 2 aromatic carbocycles. The molecule has 0 aliphatic heterocycles. The molecule has 12 heteroatoms. The molecule has 2 rings (SSSR count). The van der Waals surface area contributed by atoms with Gasteiger partial charge in [-0.25, -0.2) is 13.2 Å². The molecule has 0 aromatic heterocycles. The molecule has 0 aliphatic carbocycles.